The number of aliphatic hydroxyl groups is 2. The number of Topliss-reactive ketones (excluding diaryl/α,β-unsaturated/α-hetero) is 2. The van der Waals surface area contributed by atoms with Crippen molar-refractivity contribution in [3.63, 3.8) is 0 Å². The van der Waals surface area contributed by atoms with Crippen molar-refractivity contribution in [3.8, 4) is 5.75 Å². The molecule has 22 N–H and O–H groups in total. The number of benzene rings is 3. The number of primary amides is 2. The molecule has 2 bridgehead atoms. The number of nitrogens with two attached hydrogens (primary N) is 2. The first-order chi connectivity index (χ1) is 61.0. The molecule has 40 heteroatoms. The van der Waals surface area contributed by atoms with Gasteiger partial charge >= 0.3 is 5.97 Å². The van der Waals surface area contributed by atoms with Gasteiger partial charge < -0.3 is 106 Å². The molecule has 4 unspecified atom stereocenters. The zero-order chi connectivity index (χ0) is 95.1. The molecule has 2 aliphatic rings. The third kappa shape index (κ3) is 31.7. The molecule has 1 saturated carbocycles. The summed E-state index contributed by atoms with van der Waals surface area (Å²) in [6.45, 7) is 13.2. The van der Waals surface area contributed by atoms with Gasteiger partial charge in [0.2, 0.25) is 94.3 Å². The van der Waals surface area contributed by atoms with E-state index in [0.717, 1.165) is 6.42 Å². The third-order valence-corrected chi connectivity index (χ3v) is 23.3. The number of hydrogen-bond acceptors (Lipinski definition) is 23. The van der Waals surface area contributed by atoms with Gasteiger partial charge in [0.05, 0.1) is 42.1 Å². The molecule has 2 aromatic heterocycles. The van der Waals surface area contributed by atoms with Crippen molar-refractivity contribution in [2.24, 2.45) is 29.2 Å². The number of hydrogen-bond donors (Lipinski definition) is 20. The molecule has 3 aromatic carbocycles. The van der Waals surface area contributed by atoms with Gasteiger partial charge in [0.1, 0.15) is 71.2 Å². The van der Waals surface area contributed by atoms with Gasteiger partial charge in [-0.3, -0.25) is 81.5 Å². The summed E-state index contributed by atoms with van der Waals surface area (Å²) >= 11 is 0. The maximum absolute atomic E-state index is 15.6. The molecule has 0 spiro atoms. The summed E-state index contributed by atoms with van der Waals surface area (Å²) in [7, 11) is 0. The fourth-order valence-corrected chi connectivity index (χ4v) is 15.3. The standard InChI is InChI=1S/C89H127N19O21/c1-48(2)40-66(97-54(8)111)82(124)103-73(53(7)110)85(127)100-68(42-56-22-14-13-15-23-56)84(126)105-88(9)37-18-11-12-19-39-108-52(6)62(106-107-108)28-21-38-89(10,87(129)102-70(47-109)83(125)96-51(5)77(119)95-50(4)76(91)118)104-78(120)59(41-55-24-20-25-55)46-93-64(33-35-71(90)113)75(117)74(116)49(3)94-80(122)69(44-58-45-92-63-27-17-16-26-61(58)63)99-81(123)67(43-57-29-31-60(112)32-30-57)98-79(121)65(101-86(88)128)34-36-72(114)115/h13-17,22-23,26-27,29-32,45,48-51,53,55,59,64-70,73,92-93,109-110,112H,11-12,18-21,24-25,28,33-44,46-47H2,1-10H3,(H2,90,113)(H2,91,118)(H,94,122)(H,95,119)(H,96,125)(H,97,111)(H,98,121)(H,99,123)(H,100,127)(H,101,128)(H,102,129)(H,103,124)(H,104,120)(H,105,126)(H,114,115)/t49?,50?,51-,53+,59+,64-,65-,66-,67?,68-,69-,70?,73-,88+,89-/m0/s1. The van der Waals surface area contributed by atoms with Gasteiger partial charge in [0, 0.05) is 69.2 Å². The van der Waals surface area contributed by atoms with Gasteiger partial charge in [0.25, 0.3) is 0 Å². The molecule has 0 saturated heterocycles. The second-order valence-corrected chi connectivity index (χ2v) is 34.6. The molecule has 7 rings (SSSR count). The maximum atomic E-state index is 15.6. The topological polar surface area (TPSA) is 626 Å². The first-order valence-corrected chi connectivity index (χ1v) is 43.8. The fourth-order valence-electron chi connectivity index (χ4n) is 15.3. The first kappa shape index (κ1) is 103. The number of nitrogens with zero attached hydrogens (tertiary/aromatic N) is 3. The maximum Gasteiger partial charge on any atom is 0.303 e. The molecular formula is C89H127N19O21. The lowest BCUT2D eigenvalue weighted by molar-refractivity contribution is -0.140. The lowest BCUT2D eigenvalue weighted by atomic mass is 9.78. The number of H-pyrrole nitrogens is 1. The number of aliphatic hydroxyl groups excluding tert-OH is 2. The van der Waals surface area contributed by atoms with Crippen molar-refractivity contribution >= 4 is 111 Å². The predicted octanol–water partition coefficient (Wildman–Crippen LogP) is -0.597. The molecule has 1 aliphatic carbocycles. The Bertz CT molecular complexity index is 4780. The molecular weight excluding hydrogens is 1670 g/mol. The van der Waals surface area contributed by atoms with Crippen molar-refractivity contribution < 1.29 is 102 Å². The van der Waals surface area contributed by atoms with Crippen LogP contribution < -0.4 is 80.6 Å². The molecule has 129 heavy (non-hydrogen) atoms. The number of carboxylic acids is 1. The number of carbonyl (C=O) groups excluding carboxylic acids is 16. The van der Waals surface area contributed by atoms with E-state index < -0.39 is 229 Å². The number of aromatic amines is 1. The highest BCUT2D eigenvalue weighted by molar-refractivity contribution is 6.41. The monoisotopic (exact) mass is 1800 g/mol. The summed E-state index contributed by atoms with van der Waals surface area (Å²) in [5.74, 6) is -18.3. The zero-order valence-corrected chi connectivity index (χ0v) is 74.7. The number of phenolic OH excluding ortho intramolecular Hbond substituents is 1. The Morgan fingerprint density at radius 2 is 1.25 bits per heavy atom. The Hall–Kier alpha value is -12.6. The number of ketones is 2. The summed E-state index contributed by atoms with van der Waals surface area (Å²) < 4.78 is 1.64. The first-order valence-electron chi connectivity index (χ1n) is 43.8. The lowest BCUT2D eigenvalue weighted by Gasteiger charge is -2.35. The van der Waals surface area contributed by atoms with Crippen LogP contribution in [0.3, 0.4) is 0 Å². The quantitative estimate of drug-likeness (QED) is 0.0239. The minimum absolute atomic E-state index is 0.0388. The van der Waals surface area contributed by atoms with Crippen LogP contribution in [0.2, 0.25) is 0 Å². The Labute approximate surface area is 747 Å². The Kier molecular flexibility index (Phi) is 39.4. The van der Waals surface area contributed by atoms with Crippen molar-refractivity contribution in [1.29, 1.82) is 0 Å². The van der Waals surface area contributed by atoms with Crippen molar-refractivity contribution in [3.05, 3.63) is 113 Å². The van der Waals surface area contributed by atoms with Crippen molar-refractivity contribution in [2.45, 2.75) is 288 Å². The number of nitrogens with one attached hydrogen (secondary N) is 14. The van der Waals surface area contributed by atoms with Gasteiger partial charge in [-0.2, -0.15) is 0 Å². The van der Waals surface area contributed by atoms with Gasteiger partial charge in [-0.15, -0.1) is 5.10 Å². The van der Waals surface area contributed by atoms with Crippen LogP contribution in [0.15, 0.2) is 85.1 Å². The number of phenols is 1. The minimum Gasteiger partial charge on any atom is -0.508 e. The molecule has 0 radical (unpaired) electrons. The molecule has 14 amide bonds. The van der Waals surface area contributed by atoms with E-state index in [9.17, 15) is 73.2 Å². The van der Waals surface area contributed by atoms with E-state index in [1.165, 1.54) is 72.7 Å². The molecule has 704 valence electrons. The number of aliphatic carboxylic acids is 1. The molecule has 3 heterocycles. The number of carboxylic acid groups (broad SMARTS) is 1. The van der Waals surface area contributed by atoms with Crippen LogP contribution in [0.4, 0.5) is 0 Å². The number of carbonyl (C=O) groups is 17. The Balaban J connectivity index is 1.31. The van der Waals surface area contributed by atoms with Crippen LogP contribution in [-0.2, 0) is 114 Å². The van der Waals surface area contributed by atoms with Crippen molar-refractivity contribution in [1.82, 2.24) is 89.1 Å². The molecule has 1 fully saturated rings. The van der Waals surface area contributed by atoms with Gasteiger partial charge in [0.15, 0.2) is 0 Å². The molecule has 15 atom stereocenters. The highest BCUT2D eigenvalue weighted by Gasteiger charge is 2.44. The number of fused-ring (bicyclic) bond motifs is 3. The SMILES string of the molecule is CC(=O)N[C@@H](CC(C)C)C(=O)N[C@H](C(=O)N[C@@H](Cc1ccccc1)C(=O)N[C@]1(C)CCCCCCn2nnc(c2C)CCC[C@@](C)(C(=O)NC(CO)C(=O)N[C@@H](C)C(=O)NC(C)C(N)=O)NC(=O)[C@H](CC2CCC2)CN[C@@H](CCC(N)=O)C(=O)C(=O)C(C)NC(=O)[C@H](Cc2c[nH]c3ccccc23)NC(=O)C(Cc2ccc(O)cc2)NC(=O)[C@H](CCC(=O)O)NC1=O)[C@@H](C)O. The summed E-state index contributed by atoms with van der Waals surface area (Å²) in [5, 5.41) is 86.1. The van der Waals surface area contributed by atoms with Crippen LogP contribution in [-0.4, -0.2) is 237 Å². The van der Waals surface area contributed by atoms with Crippen LogP contribution in [0, 0.1) is 24.7 Å². The number of aromatic hydroxyl groups is 1. The van der Waals surface area contributed by atoms with E-state index in [0.29, 0.717) is 71.1 Å². The summed E-state index contributed by atoms with van der Waals surface area (Å²) in [6.07, 6.45) is 0.438. The second-order valence-electron chi connectivity index (χ2n) is 34.6. The number of para-hydroxylation sites is 1. The zero-order valence-electron chi connectivity index (χ0n) is 74.7. The van der Waals surface area contributed by atoms with E-state index in [1.54, 1.807) is 86.2 Å². The van der Waals surface area contributed by atoms with E-state index >= 15 is 28.8 Å². The van der Waals surface area contributed by atoms with Crippen LogP contribution in [0.25, 0.3) is 10.9 Å². The number of amides is 14. The Morgan fingerprint density at radius 3 is 1.88 bits per heavy atom. The number of aryl methyl sites for hydroxylation is 2. The Morgan fingerprint density at radius 1 is 0.620 bits per heavy atom. The smallest absolute Gasteiger partial charge is 0.303 e. The molecule has 40 nitrogen and oxygen atoms in total. The number of aromatic nitrogens is 4. The predicted molar refractivity (Wildman–Crippen MR) is 470 cm³/mol. The fraction of sp³-hybridized carbons (Fsp3) is 0.562. The average molecular weight is 1800 g/mol. The largest absolute Gasteiger partial charge is 0.508 e. The highest BCUT2D eigenvalue weighted by Crippen LogP contribution is 2.33. The second kappa shape index (κ2) is 49.1. The van der Waals surface area contributed by atoms with Gasteiger partial charge in [-0.1, -0.05) is 118 Å². The normalized spacial score (nSPS) is 22.4. The van der Waals surface area contributed by atoms with Gasteiger partial charge in [-0.25, -0.2) is 4.68 Å². The van der Waals surface area contributed by atoms with E-state index in [-0.39, 0.29) is 88.5 Å². The van der Waals surface area contributed by atoms with Gasteiger partial charge in [-0.05, 0) is 153 Å². The van der Waals surface area contributed by atoms with E-state index in [1.807, 2.05) is 0 Å². The lowest BCUT2D eigenvalue weighted by Crippen LogP contribution is -2.65. The summed E-state index contributed by atoms with van der Waals surface area (Å²) in [4.78, 5) is 244. The number of rotatable bonds is 32. The van der Waals surface area contributed by atoms with E-state index in [2.05, 4.69) is 84.4 Å². The third-order valence-electron chi connectivity index (χ3n) is 23.3. The summed E-state index contributed by atoms with van der Waals surface area (Å²) in [5.41, 5.74) is 9.88. The summed E-state index contributed by atoms with van der Waals surface area (Å²) in [6, 6.07) is 3.50. The highest BCUT2D eigenvalue weighted by atomic mass is 16.4. The van der Waals surface area contributed by atoms with Crippen LogP contribution >= 0.6 is 0 Å². The van der Waals surface area contributed by atoms with Crippen LogP contribution in [0.5, 0.6) is 5.75 Å². The van der Waals surface area contributed by atoms with Crippen molar-refractivity contribution in [2.75, 3.05) is 13.2 Å². The molecule has 1 aliphatic heterocycles. The molecule has 5 aromatic rings. The van der Waals surface area contributed by atoms with Crippen LogP contribution in [0.1, 0.15) is 193 Å². The average Bonchev–Trinajstić information content (AvgIpc) is 1.69. The van der Waals surface area contributed by atoms with E-state index in [4.69, 9.17) is 11.5 Å². The minimum atomic E-state index is -2.10.